The molecule has 18 heteroatoms. The summed E-state index contributed by atoms with van der Waals surface area (Å²) >= 11 is 0. The lowest BCUT2D eigenvalue weighted by Crippen LogP contribution is -2.64. The van der Waals surface area contributed by atoms with Crippen LogP contribution < -0.4 is 19.7 Å². The third-order valence-corrected chi connectivity index (χ3v) is 21.5. The number of benzene rings is 2. The average molecular weight is 960 g/mol. The van der Waals surface area contributed by atoms with Crippen LogP contribution in [0.5, 0.6) is 11.9 Å². The number of carbonyl (C=O) groups is 2. The fourth-order valence-electron chi connectivity index (χ4n) is 12.5. The number of carboxylic acid groups (broad SMARTS) is 1. The van der Waals surface area contributed by atoms with Gasteiger partial charge in [-0.2, -0.15) is 9.97 Å². The van der Waals surface area contributed by atoms with E-state index in [1.807, 2.05) is 4.90 Å². The molecule has 2 amide bonds. The van der Waals surface area contributed by atoms with Crippen LogP contribution in [0.25, 0.3) is 32.9 Å². The van der Waals surface area contributed by atoms with Crippen molar-refractivity contribution < 1.29 is 46.5 Å². The van der Waals surface area contributed by atoms with Gasteiger partial charge < -0.3 is 24.2 Å². The first-order valence-corrected chi connectivity index (χ1v) is 26.1. The molecule has 0 saturated carbocycles. The summed E-state index contributed by atoms with van der Waals surface area (Å²) in [7, 11) is -2.37. The lowest BCUT2D eigenvalue weighted by molar-refractivity contribution is 0.00801. The van der Waals surface area contributed by atoms with E-state index in [0.717, 1.165) is 0 Å². The summed E-state index contributed by atoms with van der Waals surface area (Å²) in [4.78, 5) is 45.6. The molecule has 0 spiro atoms. The molecular formula is C50H61F4N7O6Si. The minimum Gasteiger partial charge on any atom is -0.472 e. The van der Waals surface area contributed by atoms with E-state index in [1.54, 1.807) is 44.7 Å². The Hall–Kier alpha value is -5.41. The van der Waals surface area contributed by atoms with Crippen LogP contribution in [0.3, 0.4) is 0 Å². The molecule has 2 aromatic carbocycles. The Balaban J connectivity index is 1.29. The first kappa shape index (κ1) is 47.6. The molecule has 5 atom stereocenters. The van der Waals surface area contributed by atoms with Gasteiger partial charge in [0.15, 0.2) is 11.6 Å². The van der Waals surface area contributed by atoms with Gasteiger partial charge in [-0.05, 0) is 88.7 Å². The number of anilines is 2. The molecule has 4 aromatic rings. The minimum atomic E-state index is -2.91. The van der Waals surface area contributed by atoms with Crippen molar-refractivity contribution in [1.29, 1.82) is 0 Å². The van der Waals surface area contributed by atoms with E-state index >= 15 is 8.78 Å². The second-order valence-electron chi connectivity index (χ2n) is 21.4. The Morgan fingerprint density at radius 2 is 1.75 bits per heavy atom. The van der Waals surface area contributed by atoms with Crippen LogP contribution in [-0.2, 0) is 4.74 Å². The summed E-state index contributed by atoms with van der Waals surface area (Å²) in [5.74, 6) is -1.04. The van der Waals surface area contributed by atoms with Crippen molar-refractivity contribution in [2.75, 3.05) is 36.5 Å². The molecule has 7 heterocycles. The highest BCUT2D eigenvalue weighted by Crippen LogP contribution is 2.50. The number of pyridine rings is 1. The Labute approximate surface area is 395 Å². The highest BCUT2D eigenvalue weighted by Gasteiger charge is 2.58. The quantitative estimate of drug-likeness (QED) is 0.0990. The van der Waals surface area contributed by atoms with Crippen molar-refractivity contribution in [3.8, 4) is 34.6 Å². The van der Waals surface area contributed by atoms with Crippen LogP contribution in [0.1, 0.15) is 107 Å². The number of aromatic nitrogens is 3. The molecular weight excluding hydrogens is 899 g/mol. The van der Waals surface area contributed by atoms with Gasteiger partial charge in [-0.3, -0.25) is 15.1 Å². The third-order valence-electron chi connectivity index (χ3n) is 15.2. The second-order valence-corrected chi connectivity index (χ2v) is 27.0. The fourth-order valence-corrected chi connectivity index (χ4v) is 17.7. The van der Waals surface area contributed by atoms with Gasteiger partial charge in [0, 0.05) is 34.9 Å². The molecule has 68 heavy (non-hydrogen) atoms. The number of fused-ring (bicyclic) bond motifs is 7. The summed E-state index contributed by atoms with van der Waals surface area (Å²) in [6.45, 7) is 20.1. The Bertz CT molecular complexity index is 2750. The summed E-state index contributed by atoms with van der Waals surface area (Å²) < 4.78 is 83.7. The predicted octanol–water partition coefficient (Wildman–Crippen LogP) is 10.8. The zero-order valence-electron chi connectivity index (χ0n) is 40.4. The maximum absolute atomic E-state index is 18.3. The van der Waals surface area contributed by atoms with Crippen LogP contribution >= 0.6 is 0 Å². The largest absolute Gasteiger partial charge is 0.472 e. The molecule has 4 fully saturated rings. The highest BCUT2D eigenvalue weighted by molar-refractivity contribution is 6.90. The number of rotatable bonds is 8. The number of nitrogens with zero attached hydrogens (tertiary/aromatic N) is 6. The van der Waals surface area contributed by atoms with Crippen molar-refractivity contribution in [2.45, 2.75) is 159 Å². The maximum Gasteiger partial charge on any atom is 0.412 e. The molecule has 5 aliphatic heterocycles. The van der Waals surface area contributed by atoms with Gasteiger partial charge in [0.1, 0.15) is 48.8 Å². The number of hydrogen-bond donors (Lipinski definition) is 2. The van der Waals surface area contributed by atoms with E-state index in [9.17, 15) is 23.5 Å². The van der Waals surface area contributed by atoms with Crippen molar-refractivity contribution in [3.05, 3.63) is 41.5 Å². The number of piperazine rings is 1. The summed E-state index contributed by atoms with van der Waals surface area (Å²) in [6, 6.07) is 4.52. The summed E-state index contributed by atoms with van der Waals surface area (Å²) in [5, 5.41) is 13.3. The summed E-state index contributed by atoms with van der Waals surface area (Å²) in [6.07, 6.45) is -0.796. The van der Waals surface area contributed by atoms with E-state index in [-0.39, 0.29) is 92.6 Å². The average Bonchev–Trinajstić information content (AvgIpc) is 3.83. The topological polar surface area (TPSA) is 142 Å². The third kappa shape index (κ3) is 7.94. The highest BCUT2D eigenvalue weighted by atomic mass is 28.3. The van der Waals surface area contributed by atoms with Gasteiger partial charge >= 0.3 is 18.2 Å². The fraction of sp³-hybridized carbons (Fsp3) is 0.580. The molecule has 0 aliphatic carbocycles. The normalized spacial score (nSPS) is 24.2. The Morgan fingerprint density at radius 3 is 2.43 bits per heavy atom. The van der Waals surface area contributed by atoms with Crippen LogP contribution in [0.4, 0.5) is 38.7 Å². The van der Waals surface area contributed by atoms with E-state index in [4.69, 9.17) is 24.2 Å². The van der Waals surface area contributed by atoms with Gasteiger partial charge in [0.25, 0.3) is 5.92 Å². The lowest BCUT2D eigenvalue weighted by atomic mass is 9.94. The predicted molar refractivity (Wildman–Crippen MR) is 254 cm³/mol. The van der Waals surface area contributed by atoms with Crippen LogP contribution in [0.2, 0.25) is 16.6 Å². The van der Waals surface area contributed by atoms with Crippen molar-refractivity contribution in [2.24, 2.45) is 0 Å². The van der Waals surface area contributed by atoms with Crippen LogP contribution in [0, 0.1) is 23.1 Å². The van der Waals surface area contributed by atoms with Crippen LogP contribution in [-0.4, -0.2) is 118 Å². The van der Waals surface area contributed by atoms with Gasteiger partial charge in [-0.1, -0.05) is 59.6 Å². The molecule has 2 N–H and O–H groups in total. The van der Waals surface area contributed by atoms with E-state index in [1.165, 1.54) is 17.0 Å². The van der Waals surface area contributed by atoms with Crippen LogP contribution in [0.15, 0.2) is 24.3 Å². The standard InChI is InChI=1S/C50H61F4N7O6Si/c1-26(2)68(27(3)4,28(5)6)20-17-30-13-11-14-32-36(30)33(21-34(38(32)51)55-46(62)67-48(8,9)10)40-39(52)41-37-43(58-45(57-41)65-25-49-18-12-19-59(49)24-50(53,54)23-49)60-22-31-15-16-35(61(31)47(63)64)42(60)29(7)66-44(37)56-40/h11,13-14,21,26-29,31,35,42H,12,15-16,18-19,22-25H2,1-10H3,(H,55,62)(H,63,64). The number of nitrogens with one attached hydrogen (secondary N) is 1. The van der Waals surface area contributed by atoms with Crippen molar-refractivity contribution in [3.63, 3.8) is 0 Å². The van der Waals surface area contributed by atoms with E-state index in [0.29, 0.717) is 37.8 Å². The smallest absolute Gasteiger partial charge is 0.412 e. The number of hydrogen-bond acceptors (Lipinski definition) is 10. The SMILES string of the molecule is CC1Oc2nc(-c3cc(NC(=O)OC(C)(C)C)c(F)c4cccc(C#C[Si](C(C)C)(C(C)C)C(C)C)c34)c(F)c3nc(OCC45CCCN4CC(F)(F)C5)nc(c23)N2CC3CCC(C12)N3C(=O)O. The second kappa shape index (κ2) is 16.9. The zero-order valence-corrected chi connectivity index (χ0v) is 41.4. The molecule has 2 aromatic heterocycles. The zero-order chi connectivity index (χ0) is 49.0. The molecule has 0 radical (unpaired) electrons. The molecule has 13 nitrogen and oxygen atoms in total. The first-order chi connectivity index (χ1) is 31.9. The molecule has 5 unspecified atom stereocenters. The summed E-state index contributed by atoms with van der Waals surface area (Å²) in [5.41, 5.74) is 2.27. The Kier molecular flexibility index (Phi) is 11.9. The number of amides is 2. The van der Waals surface area contributed by atoms with Gasteiger partial charge in [-0.25, -0.2) is 32.1 Å². The molecule has 364 valence electrons. The van der Waals surface area contributed by atoms with Crippen molar-refractivity contribution in [1.82, 2.24) is 24.8 Å². The maximum atomic E-state index is 18.3. The monoisotopic (exact) mass is 959 g/mol. The first-order valence-electron chi connectivity index (χ1n) is 23.9. The molecule has 4 saturated heterocycles. The van der Waals surface area contributed by atoms with Gasteiger partial charge in [0.2, 0.25) is 5.88 Å². The number of alkyl halides is 2. The number of carbonyl (C=O) groups excluding carboxylic acids is 1. The Morgan fingerprint density at radius 1 is 1.03 bits per heavy atom. The van der Waals surface area contributed by atoms with Crippen molar-refractivity contribution >= 4 is 53.4 Å². The van der Waals surface area contributed by atoms with Gasteiger partial charge in [0.05, 0.1) is 35.9 Å². The number of halogens is 4. The molecule has 5 aliphatic rings. The number of ether oxygens (including phenoxy) is 3. The van der Waals surface area contributed by atoms with Gasteiger partial charge in [-0.15, -0.1) is 5.54 Å². The van der Waals surface area contributed by atoms with E-state index in [2.05, 4.69) is 63.3 Å². The van der Waals surface area contributed by atoms with E-state index < -0.39 is 79.6 Å². The molecule has 9 rings (SSSR count). The molecule has 2 bridgehead atoms. The lowest BCUT2D eigenvalue weighted by Gasteiger charge is -2.47. The minimum absolute atomic E-state index is 0.0378.